The van der Waals surface area contributed by atoms with Crippen molar-refractivity contribution in [1.82, 2.24) is 4.98 Å². The number of benzene rings is 2. The van der Waals surface area contributed by atoms with Crippen molar-refractivity contribution in [3.63, 3.8) is 0 Å². The predicted octanol–water partition coefficient (Wildman–Crippen LogP) is 4.52. The molecule has 0 fully saturated rings. The van der Waals surface area contributed by atoms with E-state index in [0.717, 1.165) is 46.0 Å². The summed E-state index contributed by atoms with van der Waals surface area (Å²) in [4.78, 5) is 15.0. The molecule has 1 aromatic heterocycles. The summed E-state index contributed by atoms with van der Waals surface area (Å²) in [6.45, 7) is 4.18. The Morgan fingerprint density at radius 3 is 2.65 bits per heavy atom. The summed E-state index contributed by atoms with van der Waals surface area (Å²) >= 11 is 0. The van der Waals surface area contributed by atoms with E-state index >= 15 is 0 Å². The van der Waals surface area contributed by atoms with Gasteiger partial charge in [-0.3, -0.25) is 4.79 Å². The van der Waals surface area contributed by atoms with Crippen LogP contribution in [0.1, 0.15) is 28.4 Å². The van der Waals surface area contributed by atoms with Crippen LogP contribution in [-0.2, 0) is 6.42 Å². The zero-order valence-electron chi connectivity index (χ0n) is 11.7. The average Bonchev–Trinajstić information content (AvgIpc) is 2.84. The zero-order chi connectivity index (χ0) is 14.1. The van der Waals surface area contributed by atoms with Crippen LogP contribution in [0, 0.1) is 6.92 Å². The normalized spacial score (nSPS) is 10.9. The van der Waals surface area contributed by atoms with Crippen molar-refractivity contribution in [3.05, 3.63) is 59.2 Å². The van der Waals surface area contributed by atoms with Gasteiger partial charge in [-0.2, -0.15) is 0 Å². The second-order valence-corrected chi connectivity index (χ2v) is 5.08. The van der Waals surface area contributed by atoms with Crippen LogP contribution in [0.25, 0.3) is 22.2 Å². The Bertz CT molecular complexity index is 783. The van der Waals surface area contributed by atoms with Crippen molar-refractivity contribution in [3.8, 4) is 11.3 Å². The van der Waals surface area contributed by atoms with Gasteiger partial charge in [0, 0.05) is 22.0 Å². The van der Waals surface area contributed by atoms with Gasteiger partial charge in [-0.1, -0.05) is 37.3 Å². The average molecular weight is 263 g/mol. The molecule has 0 atom stereocenters. The zero-order valence-corrected chi connectivity index (χ0v) is 11.7. The molecule has 0 spiro atoms. The third-order valence-electron chi connectivity index (χ3n) is 3.84. The summed E-state index contributed by atoms with van der Waals surface area (Å²) in [5.74, 6) is 0. The van der Waals surface area contributed by atoms with Crippen LogP contribution in [-0.4, -0.2) is 11.3 Å². The number of H-pyrrole nitrogens is 1. The van der Waals surface area contributed by atoms with Crippen LogP contribution in [0.15, 0.2) is 42.5 Å². The van der Waals surface area contributed by atoms with Gasteiger partial charge in [0.1, 0.15) is 0 Å². The molecule has 1 heterocycles. The second kappa shape index (κ2) is 4.97. The molecule has 0 aliphatic rings. The van der Waals surface area contributed by atoms with E-state index in [2.05, 4.69) is 43.1 Å². The number of aryl methyl sites for hydroxylation is 2. The van der Waals surface area contributed by atoms with Crippen LogP contribution in [0.5, 0.6) is 0 Å². The number of nitrogens with one attached hydrogen (secondary N) is 1. The van der Waals surface area contributed by atoms with Crippen LogP contribution in [0.4, 0.5) is 0 Å². The van der Waals surface area contributed by atoms with Gasteiger partial charge in [0.25, 0.3) is 0 Å². The van der Waals surface area contributed by atoms with E-state index in [1.165, 1.54) is 5.56 Å². The number of aromatic nitrogens is 1. The molecule has 1 N–H and O–H groups in total. The highest BCUT2D eigenvalue weighted by molar-refractivity contribution is 6.04. The number of carbonyl (C=O) groups is 1. The van der Waals surface area contributed by atoms with Gasteiger partial charge in [0.15, 0.2) is 6.29 Å². The number of hydrogen-bond acceptors (Lipinski definition) is 1. The molecule has 2 aromatic carbocycles. The number of hydrogen-bond donors (Lipinski definition) is 1. The minimum Gasteiger partial charge on any atom is -0.354 e. The molecule has 100 valence electrons. The topological polar surface area (TPSA) is 32.9 Å². The summed E-state index contributed by atoms with van der Waals surface area (Å²) < 4.78 is 0. The Morgan fingerprint density at radius 1 is 1.15 bits per heavy atom. The van der Waals surface area contributed by atoms with Gasteiger partial charge < -0.3 is 4.98 Å². The number of aldehydes is 1. The third-order valence-corrected chi connectivity index (χ3v) is 3.84. The minimum atomic E-state index is 0.754. The monoisotopic (exact) mass is 263 g/mol. The van der Waals surface area contributed by atoms with Crippen molar-refractivity contribution < 1.29 is 4.79 Å². The molecule has 0 aliphatic heterocycles. The third kappa shape index (κ3) is 1.94. The predicted molar refractivity (Wildman–Crippen MR) is 83.2 cm³/mol. The van der Waals surface area contributed by atoms with Gasteiger partial charge in [0.05, 0.1) is 5.69 Å². The quantitative estimate of drug-likeness (QED) is 0.692. The van der Waals surface area contributed by atoms with E-state index < -0.39 is 0 Å². The molecule has 0 amide bonds. The SMILES string of the molecule is CCc1ccc2[nH]c(-c3ccccc3C)c(C=O)c2c1. The summed E-state index contributed by atoms with van der Waals surface area (Å²) in [5.41, 5.74) is 6.19. The number of rotatable bonds is 3. The Labute approximate surface area is 118 Å². The van der Waals surface area contributed by atoms with Crippen molar-refractivity contribution in [2.75, 3.05) is 0 Å². The first-order valence-corrected chi connectivity index (χ1v) is 6.90. The fourth-order valence-electron chi connectivity index (χ4n) is 2.67. The molecule has 0 bridgehead atoms. The van der Waals surface area contributed by atoms with E-state index in [0.29, 0.717) is 0 Å². The maximum atomic E-state index is 11.6. The van der Waals surface area contributed by atoms with Crippen molar-refractivity contribution in [1.29, 1.82) is 0 Å². The lowest BCUT2D eigenvalue weighted by Crippen LogP contribution is -1.87. The molecule has 20 heavy (non-hydrogen) atoms. The Hall–Kier alpha value is -2.35. The highest BCUT2D eigenvalue weighted by Gasteiger charge is 2.14. The van der Waals surface area contributed by atoms with Crippen LogP contribution in [0.2, 0.25) is 0 Å². The Morgan fingerprint density at radius 2 is 1.95 bits per heavy atom. The van der Waals surface area contributed by atoms with Crippen LogP contribution >= 0.6 is 0 Å². The maximum Gasteiger partial charge on any atom is 0.152 e. The van der Waals surface area contributed by atoms with Crippen LogP contribution < -0.4 is 0 Å². The van der Waals surface area contributed by atoms with Gasteiger partial charge in [-0.05, 0) is 36.6 Å². The highest BCUT2D eigenvalue weighted by atomic mass is 16.1. The van der Waals surface area contributed by atoms with E-state index in [1.807, 2.05) is 18.2 Å². The van der Waals surface area contributed by atoms with E-state index in [1.54, 1.807) is 0 Å². The van der Waals surface area contributed by atoms with Gasteiger partial charge in [-0.15, -0.1) is 0 Å². The molecular weight excluding hydrogens is 246 g/mol. The van der Waals surface area contributed by atoms with Crippen molar-refractivity contribution >= 4 is 17.2 Å². The number of fused-ring (bicyclic) bond motifs is 1. The van der Waals surface area contributed by atoms with Crippen LogP contribution in [0.3, 0.4) is 0 Å². The Balaban J connectivity index is 2.31. The smallest absolute Gasteiger partial charge is 0.152 e. The first-order chi connectivity index (χ1) is 9.74. The molecule has 0 unspecified atom stereocenters. The van der Waals surface area contributed by atoms with Crippen molar-refractivity contribution in [2.45, 2.75) is 20.3 Å². The van der Waals surface area contributed by atoms with E-state index in [9.17, 15) is 4.79 Å². The fourth-order valence-corrected chi connectivity index (χ4v) is 2.67. The lowest BCUT2D eigenvalue weighted by molar-refractivity contribution is 0.112. The molecule has 2 nitrogen and oxygen atoms in total. The molecule has 3 rings (SSSR count). The summed E-state index contributed by atoms with van der Waals surface area (Å²) in [6.07, 6.45) is 1.93. The molecule has 0 radical (unpaired) electrons. The summed E-state index contributed by atoms with van der Waals surface area (Å²) in [5, 5.41) is 1.01. The van der Waals surface area contributed by atoms with Gasteiger partial charge >= 0.3 is 0 Å². The highest BCUT2D eigenvalue weighted by Crippen LogP contribution is 2.31. The number of aromatic amines is 1. The molecule has 0 saturated heterocycles. The summed E-state index contributed by atoms with van der Waals surface area (Å²) in [7, 11) is 0. The molecular formula is C18H17NO. The second-order valence-electron chi connectivity index (χ2n) is 5.08. The number of carbonyl (C=O) groups excluding carboxylic acids is 1. The fraction of sp³-hybridized carbons (Fsp3) is 0.167. The molecule has 2 heteroatoms. The first kappa shape index (κ1) is 12.7. The summed E-state index contributed by atoms with van der Waals surface area (Å²) in [6, 6.07) is 14.4. The maximum absolute atomic E-state index is 11.6. The van der Waals surface area contributed by atoms with Crippen molar-refractivity contribution in [2.24, 2.45) is 0 Å². The Kier molecular flexibility index (Phi) is 3.15. The largest absolute Gasteiger partial charge is 0.354 e. The lowest BCUT2D eigenvalue weighted by Gasteiger charge is -2.03. The standard InChI is InChI=1S/C18H17NO/c1-3-13-8-9-17-15(10-13)16(11-20)18(19-17)14-7-5-4-6-12(14)2/h4-11,19H,3H2,1-2H3. The van der Waals surface area contributed by atoms with E-state index in [4.69, 9.17) is 0 Å². The van der Waals surface area contributed by atoms with E-state index in [-0.39, 0.29) is 0 Å². The molecule has 0 saturated carbocycles. The molecule has 0 aliphatic carbocycles. The van der Waals surface area contributed by atoms with Gasteiger partial charge in [0.2, 0.25) is 0 Å². The minimum absolute atomic E-state index is 0.754. The van der Waals surface area contributed by atoms with Gasteiger partial charge in [-0.25, -0.2) is 0 Å². The molecule has 3 aromatic rings. The first-order valence-electron chi connectivity index (χ1n) is 6.90. The lowest BCUT2D eigenvalue weighted by atomic mass is 10.0.